The minimum Gasteiger partial charge on any atom is -0.336 e. The summed E-state index contributed by atoms with van der Waals surface area (Å²) in [5, 5.41) is 3.21. The number of nitrogens with one attached hydrogen (secondary N) is 1. The molecule has 0 radical (unpaired) electrons. The van der Waals surface area contributed by atoms with Crippen molar-refractivity contribution >= 4 is 15.9 Å². The molecule has 2 aliphatic heterocycles. The summed E-state index contributed by atoms with van der Waals surface area (Å²) in [4.78, 5) is 14.6. The zero-order valence-corrected chi connectivity index (χ0v) is 15.5. The van der Waals surface area contributed by atoms with E-state index in [1.165, 1.54) is 10.4 Å². The Bertz CT molecular complexity index is 768. The molecule has 7 heteroatoms. The normalized spacial score (nSPS) is 21.9. The quantitative estimate of drug-likeness (QED) is 0.819. The molecule has 0 bridgehead atoms. The smallest absolute Gasteiger partial charge is 0.253 e. The summed E-state index contributed by atoms with van der Waals surface area (Å²) in [5.41, 5.74) is 0.427. The molecule has 0 spiro atoms. The largest absolute Gasteiger partial charge is 0.336 e. The Labute approximate surface area is 149 Å². The third-order valence-electron chi connectivity index (χ3n) is 4.73. The number of carbonyl (C=O) groups is 1. The molecule has 1 N–H and O–H groups in total. The van der Waals surface area contributed by atoms with E-state index in [4.69, 9.17) is 0 Å². The number of nitrogens with zero attached hydrogens (tertiary/aromatic N) is 2. The molecule has 1 aromatic rings. The molecule has 0 saturated carbocycles. The maximum Gasteiger partial charge on any atom is 0.253 e. The van der Waals surface area contributed by atoms with E-state index in [9.17, 15) is 13.2 Å². The Hall–Kier alpha value is -1.70. The van der Waals surface area contributed by atoms with Gasteiger partial charge in [-0.2, -0.15) is 4.31 Å². The summed E-state index contributed by atoms with van der Waals surface area (Å²) in [6.07, 6.45) is 3.83. The van der Waals surface area contributed by atoms with Gasteiger partial charge in [-0.1, -0.05) is 32.1 Å². The van der Waals surface area contributed by atoms with Crippen molar-refractivity contribution in [2.45, 2.75) is 24.8 Å². The molecule has 1 fully saturated rings. The summed E-state index contributed by atoms with van der Waals surface area (Å²) < 4.78 is 27.6. The van der Waals surface area contributed by atoms with Crippen LogP contribution in [-0.2, 0) is 10.0 Å². The van der Waals surface area contributed by atoms with Crippen LogP contribution in [-0.4, -0.2) is 62.3 Å². The molecule has 3 rings (SSSR count). The molecule has 25 heavy (non-hydrogen) atoms. The van der Waals surface area contributed by atoms with E-state index in [0.29, 0.717) is 25.2 Å². The minimum atomic E-state index is -3.63. The fourth-order valence-corrected chi connectivity index (χ4v) is 5.02. The van der Waals surface area contributed by atoms with Crippen LogP contribution in [0.2, 0.25) is 0 Å². The molecule has 1 amide bonds. The lowest BCUT2D eigenvalue weighted by atomic mass is 10.1. The van der Waals surface area contributed by atoms with E-state index >= 15 is 0 Å². The van der Waals surface area contributed by atoms with Gasteiger partial charge in [-0.15, -0.1) is 0 Å². The van der Waals surface area contributed by atoms with Gasteiger partial charge in [0, 0.05) is 44.3 Å². The fraction of sp³-hybridized carbons (Fsp3) is 0.500. The molecule has 2 heterocycles. The lowest BCUT2D eigenvalue weighted by molar-refractivity contribution is 0.0735. The third-order valence-corrected chi connectivity index (χ3v) is 6.59. The summed E-state index contributed by atoms with van der Waals surface area (Å²) >= 11 is 0. The molecule has 136 valence electrons. The Morgan fingerprint density at radius 3 is 2.64 bits per heavy atom. The predicted molar refractivity (Wildman–Crippen MR) is 96.9 cm³/mol. The highest BCUT2D eigenvalue weighted by atomic mass is 32.2. The molecule has 0 unspecified atom stereocenters. The van der Waals surface area contributed by atoms with Gasteiger partial charge in [0.2, 0.25) is 10.0 Å². The van der Waals surface area contributed by atoms with E-state index in [1.54, 1.807) is 23.1 Å². The topological polar surface area (TPSA) is 69.7 Å². The second kappa shape index (κ2) is 7.27. The zero-order chi connectivity index (χ0) is 18.0. The number of amides is 1. The number of piperazine rings is 1. The van der Waals surface area contributed by atoms with Gasteiger partial charge >= 0.3 is 0 Å². The number of rotatable bonds is 4. The number of hydrogen-bond acceptors (Lipinski definition) is 4. The predicted octanol–water partition coefficient (Wildman–Crippen LogP) is 1.32. The van der Waals surface area contributed by atoms with E-state index in [1.807, 2.05) is 26.0 Å². The van der Waals surface area contributed by atoms with Gasteiger partial charge in [-0.3, -0.25) is 4.79 Å². The van der Waals surface area contributed by atoms with Crippen molar-refractivity contribution in [2.24, 2.45) is 5.92 Å². The lowest BCUT2D eigenvalue weighted by Gasteiger charge is -2.28. The summed E-state index contributed by atoms with van der Waals surface area (Å²) in [5.74, 6) is 0.0812. The van der Waals surface area contributed by atoms with Crippen molar-refractivity contribution in [1.29, 1.82) is 0 Å². The molecule has 2 aliphatic rings. The van der Waals surface area contributed by atoms with Crippen LogP contribution in [0.25, 0.3) is 0 Å². The number of hydrogen-bond donors (Lipinski definition) is 1. The number of carbonyl (C=O) groups excluding carboxylic acids is 1. The molecular weight excluding hydrogens is 338 g/mol. The van der Waals surface area contributed by atoms with E-state index < -0.39 is 10.0 Å². The zero-order valence-electron chi connectivity index (χ0n) is 14.7. The van der Waals surface area contributed by atoms with Crippen molar-refractivity contribution in [3.63, 3.8) is 0 Å². The first-order chi connectivity index (χ1) is 11.9. The SMILES string of the molecule is CC(C)[C@@H]1C=CCN1S(=O)(=O)c1cccc(C(=O)N2CCNCC2)c1. The average Bonchev–Trinajstić information content (AvgIpc) is 3.13. The van der Waals surface area contributed by atoms with Gasteiger partial charge in [0.1, 0.15) is 0 Å². The van der Waals surface area contributed by atoms with Crippen LogP contribution in [0.3, 0.4) is 0 Å². The summed E-state index contributed by atoms with van der Waals surface area (Å²) in [7, 11) is -3.63. The minimum absolute atomic E-state index is 0.112. The van der Waals surface area contributed by atoms with Crippen molar-refractivity contribution < 1.29 is 13.2 Å². The second-order valence-electron chi connectivity index (χ2n) is 6.81. The molecule has 1 aromatic carbocycles. The molecular formula is C18H25N3O3S. The maximum atomic E-state index is 13.1. The van der Waals surface area contributed by atoms with Crippen molar-refractivity contribution in [3.8, 4) is 0 Å². The van der Waals surface area contributed by atoms with Gasteiger partial charge in [-0.05, 0) is 24.1 Å². The van der Waals surface area contributed by atoms with Crippen LogP contribution in [0.4, 0.5) is 0 Å². The van der Waals surface area contributed by atoms with Crippen LogP contribution < -0.4 is 5.32 Å². The first kappa shape index (κ1) is 18.1. The molecule has 1 atom stereocenters. The number of sulfonamides is 1. The molecule has 6 nitrogen and oxygen atoms in total. The molecule has 1 saturated heterocycles. The number of benzene rings is 1. The van der Waals surface area contributed by atoms with Crippen molar-refractivity contribution in [1.82, 2.24) is 14.5 Å². The second-order valence-corrected chi connectivity index (χ2v) is 8.70. The van der Waals surface area contributed by atoms with Crippen molar-refractivity contribution in [2.75, 3.05) is 32.7 Å². The van der Waals surface area contributed by atoms with Gasteiger partial charge < -0.3 is 10.2 Å². The molecule has 0 aromatic heterocycles. The van der Waals surface area contributed by atoms with Gasteiger partial charge in [-0.25, -0.2) is 8.42 Å². The Morgan fingerprint density at radius 1 is 1.24 bits per heavy atom. The highest BCUT2D eigenvalue weighted by molar-refractivity contribution is 7.89. The average molecular weight is 363 g/mol. The fourth-order valence-electron chi connectivity index (χ4n) is 3.31. The maximum absolute atomic E-state index is 13.1. The Kier molecular flexibility index (Phi) is 5.27. The van der Waals surface area contributed by atoms with Crippen LogP contribution in [0, 0.1) is 5.92 Å². The first-order valence-electron chi connectivity index (χ1n) is 8.70. The van der Waals surface area contributed by atoms with Crippen molar-refractivity contribution in [3.05, 3.63) is 42.0 Å². The monoisotopic (exact) mass is 363 g/mol. The standard InChI is InChI=1S/C18H25N3O3S/c1-14(2)17-7-4-10-21(17)25(23,24)16-6-3-5-15(13-16)18(22)20-11-8-19-9-12-20/h3-7,13-14,17,19H,8-12H2,1-2H3/t17-/m0/s1. The highest BCUT2D eigenvalue weighted by Gasteiger charge is 2.34. The Morgan fingerprint density at radius 2 is 1.96 bits per heavy atom. The van der Waals surface area contributed by atoms with E-state index in [0.717, 1.165) is 13.1 Å². The van der Waals surface area contributed by atoms with Gasteiger partial charge in [0.15, 0.2) is 0 Å². The Balaban J connectivity index is 1.86. The van der Waals surface area contributed by atoms with E-state index in [-0.39, 0.29) is 22.8 Å². The molecule has 0 aliphatic carbocycles. The van der Waals surface area contributed by atoms with Crippen LogP contribution in [0.5, 0.6) is 0 Å². The summed E-state index contributed by atoms with van der Waals surface area (Å²) in [6, 6.07) is 6.27. The van der Waals surface area contributed by atoms with E-state index in [2.05, 4.69) is 5.32 Å². The lowest BCUT2D eigenvalue weighted by Crippen LogP contribution is -2.46. The summed E-state index contributed by atoms with van der Waals surface area (Å²) in [6.45, 7) is 7.20. The van der Waals surface area contributed by atoms with Gasteiger partial charge in [0.25, 0.3) is 5.91 Å². The van der Waals surface area contributed by atoms with Crippen LogP contribution in [0.1, 0.15) is 24.2 Å². The first-order valence-corrected chi connectivity index (χ1v) is 10.1. The van der Waals surface area contributed by atoms with Crippen LogP contribution >= 0.6 is 0 Å². The third kappa shape index (κ3) is 3.63. The van der Waals surface area contributed by atoms with Gasteiger partial charge in [0.05, 0.1) is 4.90 Å². The van der Waals surface area contributed by atoms with Crippen LogP contribution in [0.15, 0.2) is 41.3 Å². The highest BCUT2D eigenvalue weighted by Crippen LogP contribution is 2.26.